The van der Waals surface area contributed by atoms with Gasteiger partial charge < -0.3 is 10.1 Å². The molecule has 1 aliphatic heterocycles. The molecule has 0 amide bonds. The van der Waals surface area contributed by atoms with E-state index in [4.69, 9.17) is 4.74 Å². The van der Waals surface area contributed by atoms with Gasteiger partial charge in [-0.1, -0.05) is 6.92 Å². The maximum absolute atomic E-state index is 5.72. The lowest BCUT2D eigenvalue weighted by Gasteiger charge is -2.41. The van der Waals surface area contributed by atoms with Crippen LogP contribution in [0.15, 0.2) is 0 Å². The lowest BCUT2D eigenvalue weighted by atomic mass is 9.80. The van der Waals surface area contributed by atoms with Crippen molar-refractivity contribution in [1.82, 2.24) is 5.32 Å². The fourth-order valence-electron chi connectivity index (χ4n) is 1.66. The summed E-state index contributed by atoms with van der Waals surface area (Å²) in [7, 11) is 0. The van der Waals surface area contributed by atoms with E-state index in [0.29, 0.717) is 5.41 Å². The minimum Gasteiger partial charge on any atom is -0.380 e. The molecule has 2 rings (SSSR count). The van der Waals surface area contributed by atoms with Crippen molar-refractivity contribution < 1.29 is 4.74 Å². The zero-order chi connectivity index (χ0) is 8.44. The van der Waals surface area contributed by atoms with Gasteiger partial charge in [-0.3, -0.25) is 0 Å². The zero-order valence-corrected chi connectivity index (χ0v) is 7.94. The monoisotopic (exact) mass is 169 g/mol. The normalized spacial score (nSPS) is 26.8. The Balaban J connectivity index is 1.62. The Labute approximate surface area is 74.7 Å². The zero-order valence-electron chi connectivity index (χ0n) is 7.94. The van der Waals surface area contributed by atoms with Crippen LogP contribution in [-0.4, -0.2) is 26.3 Å². The lowest BCUT2D eigenvalue weighted by molar-refractivity contribution is 0.00399. The predicted octanol–water partition coefficient (Wildman–Crippen LogP) is 1.41. The number of hydrogen-bond donors (Lipinski definition) is 1. The molecular weight excluding hydrogens is 150 g/mol. The summed E-state index contributed by atoms with van der Waals surface area (Å²) < 4.78 is 5.72. The van der Waals surface area contributed by atoms with Crippen LogP contribution in [0.2, 0.25) is 0 Å². The van der Waals surface area contributed by atoms with Crippen LogP contribution >= 0.6 is 0 Å². The SMILES string of the molecule is CCC1(COCC2CC2)CNC1. The molecule has 1 saturated heterocycles. The van der Waals surface area contributed by atoms with E-state index in [9.17, 15) is 0 Å². The van der Waals surface area contributed by atoms with Gasteiger partial charge in [0, 0.05) is 25.1 Å². The van der Waals surface area contributed by atoms with Crippen LogP contribution in [0.3, 0.4) is 0 Å². The summed E-state index contributed by atoms with van der Waals surface area (Å²) in [5, 5.41) is 3.33. The molecule has 0 radical (unpaired) electrons. The third-order valence-corrected chi connectivity index (χ3v) is 3.21. The van der Waals surface area contributed by atoms with Crippen LogP contribution < -0.4 is 5.32 Å². The molecule has 70 valence electrons. The Morgan fingerprint density at radius 2 is 2.17 bits per heavy atom. The van der Waals surface area contributed by atoms with Crippen molar-refractivity contribution in [3.8, 4) is 0 Å². The molecular formula is C10H19NO. The van der Waals surface area contributed by atoms with Gasteiger partial charge in [0.1, 0.15) is 0 Å². The minimum atomic E-state index is 0.495. The molecule has 1 aliphatic carbocycles. The fraction of sp³-hybridized carbons (Fsp3) is 1.00. The Morgan fingerprint density at radius 3 is 2.58 bits per heavy atom. The van der Waals surface area contributed by atoms with Gasteiger partial charge in [-0.2, -0.15) is 0 Å². The van der Waals surface area contributed by atoms with Gasteiger partial charge in [0.2, 0.25) is 0 Å². The number of ether oxygens (including phenoxy) is 1. The molecule has 1 N–H and O–H groups in total. The van der Waals surface area contributed by atoms with Crippen LogP contribution in [-0.2, 0) is 4.74 Å². The standard InChI is InChI=1S/C10H19NO/c1-2-10(6-11-7-10)8-12-5-9-3-4-9/h9,11H,2-8H2,1H3. The van der Waals surface area contributed by atoms with Crippen molar-refractivity contribution >= 4 is 0 Å². The third kappa shape index (κ3) is 1.80. The largest absolute Gasteiger partial charge is 0.380 e. The summed E-state index contributed by atoms with van der Waals surface area (Å²) >= 11 is 0. The van der Waals surface area contributed by atoms with Gasteiger partial charge in [0.25, 0.3) is 0 Å². The summed E-state index contributed by atoms with van der Waals surface area (Å²) in [4.78, 5) is 0. The summed E-state index contributed by atoms with van der Waals surface area (Å²) in [6.07, 6.45) is 4.05. The van der Waals surface area contributed by atoms with Crippen molar-refractivity contribution in [1.29, 1.82) is 0 Å². The topological polar surface area (TPSA) is 21.3 Å². The highest BCUT2D eigenvalue weighted by molar-refractivity contribution is 4.91. The van der Waals surface area contributed by atoms with E-state index in [1.165, 1.54) is 19.3 Å². The Hall–Kier alpha value is -0.0800. The van der Waals surface area contributed by atoms with Crippen molar-refractivity contribution in [3.63, 3.8) is 0 Å². The second kappa shape index (κ2) is 3.35. The second-order valence-corrected chi connectivity index (χ2v) is 4.42. The van der Waals surface area contributed by atoms with Crippen molar-refractivity contribution in [2.75, 3.05) is 26.3 Å². The van der Waals surface area contributed by atoms with Crippen LogP contribution in [0, 0.1) is 11.3 Å². The molecule has 0 spiro atoms. The Kier molecular flexibility index (Phi) is 2.37. The van der Waals surface area contributed by atoms with Crippen molar-refractivity contribution in [2.45, 2.75) is 26.2 Å². The predicted molar refractivity (Wildman–Crippen MR) is 49.1 cm³/mol. The minimum absolute atomic E-state index is 0.495. The van der Waals surface area contributed by atoms with E-state index in [-0.39, 0.29) is 0 Å². The molecule has 0 bridgehead atoms. The van der Waals surface area contributed by atoms with Crippen LogP contribution in [0.4, 0.5) is 0 Å². The van der Waals surface area contributed by atoms with E-state index in [1.54, 1.807) is 0 Å². The number of rotatable bonds is 5. The highest BCUT2D eigenvalue weighted by Gasteiger charge is 2.35. The molecule has 12 heavy (non-hydrogen) atoms. The average Bonchev–Trinajstić information content (AvgIpc) is 2.78. The first-order valence-corrected chi connectivity index (χ1v) is 5.13. The molecule has 2 fully saturated rings. The Bertz CT molecular complexity index is 144. The smallest absolute Gasteiger partial charge is 0.0546 e. The van der Waals surface area contributed by atoms with Crippen molar-refractivity contribution in [2.24, 2.45) is 11.3 Å². The maximum Gasteiger partial charge on any atom is 0.0546 e. The molecule has 2 nitrogen and oxygen atoms in total. The molecule has 2 heteroatoms. The average molecular weight is 169 g/mol. The molecule has 0 aromatic carbocycles. The van der Waals surface area contributed by atoms with Gasteiger partial charge in [-0.25, -0.2) is 0 Å². The summed E-state index contributed by atoms with van der Waals surface area (Å²) in [5.41, 5.74) is 0.495. The summed E-state index contributed by atoms with van der Waals surface area (Å²) in [6.45, 7) is 6.58. The first-order chi connectivity index (χ1) is 5.85. The third-order valence-electron chi connectivity index (χ3n) is 3.21. The van der Waals surface area contributed by atoms with Crippen molar-refractivity contribution in [3.05, 3.63) is 0 Å². The fourth-order valence-corrected chi connectivity index (χ4v) is 1.66. The maximum atomic E-state index is 5.72. The molecule has 2 aliphatic rings. The summed E-state index contributed by atoms with van der Waals surface area (Å²) in [6, 6.07) is 0. The van der Waals surface area contributed by atoms with Gasteiger partial charge >= 0.3 is 0 Å². The van der Waals surface area contributed by atoms with E-state index in [2.05, 4.69) is 12.2 Å². The van der Waals surface area contributed by atoms with E-state index >= 15 is 0 Å². The van der Waals surface area contributed by atoms with Gasteiger partial charge in [0.15, 0.2) is 0 Å². The molecule has 0 atom stereocenters. The quantitative estimate of drug-likeness (QED) is 0.672. The highest BCUT2D eigenvalue weighted by atomic mass is 16.5. The number of nitrogens with one attached hydrogen (secondary N) is 1. The van der Waals surface area contributed by atoms with E-state index < -0.39 is 0 Å². The summed E-state index contributed by atoms with van der Waals surface area (Å²) in [5.74, 6) is 0.909. The first-order valence-electron chi connectivity index (χ1n) is 5.13. The molecule has 1 heterocycles. The first kappa shape index (κ1) is 8.52. The van der Waals surface area contributed by atoms with E-state index in [0.717, 1.165) is 32.2 Å². The molecule has 0 unspecified atom stereocenters. The van der Waals surface area contributed by atoms with Gasteiger partial charge in [-0.15, -0.1) is 0 Å². The molecule has 1 saturated carbocycles. The van der Waals surface area contributed by atoms with Crippen LogP contribution in [0.5, 0.6) is 0 Å². The molecule has 0 aromatic rings. The van der Waals surface area contributed by atoms with Gasteiger partial charge in [0.05, 0.1) is 6.61 Å². The second-order valence-electron chi connectivity index (χ2n) is 4.42. The highest BCUT2D eigenvalue weighted by Crippen LogP contribution is 2.31. The van der Waals surface area contributed by atoms with Gasteiger partial charge in [-0.05, 0) is 25.2 Å². The van der Waals surface area contributed by atoms with E-state index in [1.807, 2.05) is 0 Å². The molecule has 0 aromatic heterocycles. The Morgan fingerprint density at radius 1 is 1.42 bits per heavy atom. The lowest BCUT2D eigenvalue weighted by Crippen LogP contribution is -2.55. The van der Waals surface area contributed by atoms with Crippen LogP contribution in [0.1, 0.15) is 26.2 Å². The number of hydrogen-bond acceptors (Lipinski definition) is 2. The van der Waals surface area contributed by atoms with Crippen LogP contribution in [0.25, 0.3) is 0 Å².